The average Bonchev–Trinajstić information content (AvgIpc) is 2.03. The maximum atomic E-state index is 10.9. The van der Waals surface area contributed by atoms with E-state index in [0.29, 0.717) is 12.2 Å². The van der Waals surface area contributed by atoms with Gasteiger partial charge in [-0.25, -0.2) is 4.79 Å². The van der Waals surface area contributed by atoms with Crippen LogP contribution in [0.4, 0.5) is 0 Å². The van der Waals surface area contributed by atoms with Crippen molar-refractivity contribution in [1.82, 2.24) is 0 Å². The SMILES string of the molecule is [B]C=C(C)C(=O)OCCCC. The van der Waals surface area contributed by atoms with Gasteiger partial charge in [0.05, 0.1) is 6.61 Å². The quantitative estimate of drug-likeness (QED) is 0.263. The van der Waals surface area contributed by atoms with Crippen LogP contribution in [-0.4, -0.2) is 20.4 Å². The molecule has 2 nitrogen and oxygen atoms in total. The normalized spacial score (nSPS) is 11.3. The summed E-state index contributed by atoms with van der Waals surface area (Å²) in [5, 5.41) is 0. The van der Waals surface area contributed by atoms with E-state index in [1.807, 2.05) is 6.92 Å². The van der Waals surface area contributed by atoms with Crippen LogP contribution < -0.4 is 0 Å². The number of hydrogen-bond donors (Lipinski definition) is 0. The second-order valence-corrected chi connectivity index (χ2v) is 2.34. The molecule has 11 heavy (non-hydrogen) atoms. The lowest BCUT2D eigenvalue weighted by Crippen LogP contribution is -2.06. The fourth-order valence-corrected chi connectivity index (χ4v) is 0.491. The Balaban J connectivity index is 3.53. The van der Waals surface area contributed by atoms with Gasteiger partial charge in [-0.3, -0.25) is 0 Å². The average molecular weight is 152 g/mol. The maximum Gasteiger partial charge on any atom is 0.332 e. The van der Waals surface area contributed by atoms with Crippen molar-refractivity contribution in [3.05, 3.63) is 11.5 Å². The number of carbonyl (C=O) groups is 1. The Kier molecular flexibility index (Phi) is 5.62. The predicted octanol–water partition coefficient (Wildman–Crippen LogP) is 1.40. The summed E-state index contributed by atoms with van der Waals surface area (Å²) in [5.41, 5.74) is 0.459. The molecule has 0 aliphatic rings. The monoisotopic (exact) mass is 152 g/mol. The molecular weight excluding hydrogens is 139 g/mol. The Morgan fingerprint density at radius 2 is 2.27 bits per heavy atom. The highest BCUT2D eigenvalue weighted by atomic mass is 16.5. The fourth-order valence-electron chi connectivity index (χ4n) is 0.491. The van der Waals surface area contributed by atoms with Crippen molar-refractivity contribution < 1.29 is 9.53 Å². The standard InChI is InChI=1S/C8H13BO2/c1-3-4-5-11-8(10)7(2)6-9/h6H,3-5H2,1-2H3. The van der Waals surface area contributed by atoms with Crippen LogP contribution in [0, 0.1) is 0 Å². The summed E-state index contributed by atoms with van der Waals surface area (Å²) in [7, 11) is 5.11. The van der Waals surface area contributed by atoms with E-state index >= 15 is 0 Å². The molecule has 0 N–H and O–H groups in total. The zero-order valence-corrected chi connectivity index (χ0v) is 7.09. The van der Waals surface area contributed by atoms with Gasteiger partial charge < -0.3 is 4.74 Å². The molecule has 0 rings (SSSR count). The van der Waals surface area contributed by atoms with E-state index in [-0.39, 0.29) is 5.97 Å². The zero-order chi connectivity index (χ0) is 8.69. The Morgan fingerprint density at radius 3 is 2.73 bits per heavy atom. The summed E-state index contributed by atoms with van der Waals surface area (Å²) in [4.78, 5) is 10.9. The first-order valence-electron chi connectivity index (χ1n) is 3.78. The van der Waals surface area contributed by atoms with Crippen molar-refractivity contribution in [2.24, 2.45) is 0 Å². The largest absolute Gasteiger partial charge is 0.462 e. The summed E-state index contributed by atoms with van der Waals surface area (Å²) in [6, 6.07) is 0. The molecule has 0 unspecified atom stereocenters. The summed E-state index contributed by atoms with van der Waals surface area (Å²) >= 11 is 0. The van der Waals surface area contributed by atoms with Crippen LogP contribution in [0.1, 0.15) is 26.7 Å². The lowest BCUT2D eigenvalue weighted by Gasteiger charge is -2.02. The highest BCUT2D eigenvalue weighted by molar-refractivity contribution is 6.19. The van der Waals surface area contributed by atoms with E-state index in [0.717, 1.165) is 12.8 Å². The Labute approximate surface area is 69.0 Å². The van der Waals surface area contributed by atoms with Crippen LogP contribution in [0.3, 0.4) is 0 Å². The first-order chi connectivity index (χ1) is 5.22. The Morgan fingerprint density at radius 1 is 1.64 bits per heavy atom. The molecule has 0 bridgehead atoms. The van der Waals surface area contributed by atoms with Crippen LogP contribution in [0.2, 0.25) is 0 Å². The third-order valence-corrected chi connectivity index (χ3v) is 1.30. The van der Waals surface area contributed by atoms with Crippen LogP contribution in [0.25, 0.3) is 0 Å². The number of hydrogen-bond acceptors (Lipinski definition) is 2. The molecule has 0 atom stereocenters. The van der Waals surface area contributed by atoms with Crippen molar-refractivity contribution in [1.29, 1.82) is 0 Å². The van der Waals surface area contributed by atoms with Gasteiger partial charge in [0, 0.05) is 5.57 Å². The molecule has 0 saturated heterocycles. The minimum atomic E-state index is -0.319. The van der Waals surface area contributed by atoms with Crippen LogP contribution in [0.15, 0.2) is 11.5 Å². The molecule has 0 fully saturated rings. The number of carbonyl (C=O) groups excluding carboxylic acids is 1. The number of rotatable bonds is 4. The summed E-state index contributed by atoms with van der Waals surface area (Å²) in [6.07, 6.45) is 1.93. The van der Waals surface area contributed by atoms with E-state index in [9.17, 15) is 4.79 Å². The molecule has 0 heterocycles. The third kappa shape index (κ3) is 4.65. The van der Waals surface area contributed by atoms with E-state index in [1.54, 1.807) is 6.92 Å². The molecule has 0 aliphatic heterocycles. The molecule has 0 aromatic heterocycles. The van der Waals surface area contributed by atoms with Crippen LogP contribution >= 0.6 is 0 Å². The molecule has 0 saturated carbocycles. The minimum absolute atomic E-state index is 0.319. The van der Waals surface area contributed by atoms with Crippen molar-refractivity contribution in [2.75, 3.05) is 6.61 Å². The van der Waals surface area contributed by atoms with E-state index < -0.39 is 0 Å². The van der Waals surface area contributed by atoms with Gasteiger partial charge in [0.1, 0.15) is 7.85 Å². The van der Waals surface area contributed by atoms with E-state index in [2.05, 4.69) is 0 Å². The molecule has 3 heteroatoms. The minimum Gasteiger partial charge on any atom is -0.462 e. The topological polar surface area (TPSA) is 26.3 Å². The Hall–Kier alpha value is -0.725. The first-order valence-corrected chi connectivity index (χ1v) is 3.78. The number of esters is 1. The summed E-state index contributed by atoms with van der Waals surface area (Å²) in [5.74, 6) is 0.940. The lowest BCUT2D eigenvalue weighted by molar-refractivity contribution is -0.139. The second kappa shape index (κ2) is 6.02. The van der Waals surface area contributed by atoms with Gasteiger partial charge in [0.25, 0.3) is 0 Å². The predicted molar refractivity (Wildman–Crippen MR) is 45.4 cm³/mol. The van der Waals surface area contributed by atoms with Gasteiger partial charge in [-0.05, 0) is 13.3 Å². The molecule has 0 aromatic rings. The van der Waals surface area contributed by atoms with Crippen molar-refractivity contribution in [3.8, 4) is 0 Å². The number of ether oxygens (including phenoxy) is 1. The summed E-state index contributed by atoms with van der Waals surface area (Å²) in [6.45, 7) is 4.16. The van der Waals surface area contributed by atoms with Gasteiger partial charge in [-0.15, -0.1) is 5.98 Å². The molecular formula is C8H13BO2. The molecule has 60 valence electrons. The lowest BCUT2D eigenvalue weighted by atomic mass is 10.1. The van der Waals surface area contributed by atoms with E-state index in [1.165, 1.54) is 5.98 Å². The second-order valence-electron chi connectivity index (χ2n) is 2.34. The maximum absolute atomic E-state index is 10.9. The van der Waals surface area contributed by atoms with Gasteiger partial charge >= 0.3 is 5.97 Å². The molecule has 0 spiro atoms. The van der Waals surface area contributed by atoms with Crippen LogP contribution in [0.5, 0.6) is 0 Å². The van der Waals surface area contributed by atoms with Crippen molar-refractivity contribution >= 4 is 13.8 Å². The highest BCUT2D eigenvalue weighted by Crippen LogP contribution is 1.96. The molecule has 0 aliphatic carbocycles. The van der Waals surface area contributed by atoms with Crippen molar-refractivity contribution in [3.63, 3.8) is 0 Å². The number of unbranched alkanes of at least 4 members (excludes halogenated alkanes) is 1. The first kappa shape index (κ1) is 10.3. The molecule has 0 aromatic carbocycles. The zero-order valence-electron chi connectivity index (χ0n) is 7.09. The molecule has 2 radical (unpaired) electrons. The van der Waals surface area contributed by atoms with Gasteiger partial charge in [-0.2, -0.15) is 0 Å². The van der Waals surface area contributed by atoms with Gasteiger partial charge in [-0.1, -0.05) is 13.3 Å². The Bertz CT molecular complexity index is 152. The fraction of sp³-hybridized carbons (Fsp3) is 0.625. The van der Waals surface area contributed by atoms with Crippen LogP contribution in [-0.2, 0) is 9.53 Å². The highest BCUT2D eigenvalue weighted by Gasteiger charge is 2.01. The smallest absolute Gasteiger partial charge is 0.332 e. The summed E-state index contributed by atoms with van der Waals surface area (Å²) < 4.78 is 4.85. The van der Waals surface area contributed by atoms with Gasteiger partial charge in [0.15, 0.2) is 0 Å². The van der Waals surface area contributed by atoms with Crippen molar-refractivity contribution in [2.45, 2.75) is 26.7 Å². The third-order valence-electron chi connectivity index (χ3n) is 1.30. The molecule has 0 amide bonds. The van der Waals surface area contributed by atoms with Gasteiger partial charge in [0.2, 0.25) is 0 Å². The van der Waals surface area contributed by atoms with E-state index in [4.69, 9.17) is 12.6 Å².